The number of fused-ring (bicyclic) bond motifs is 1. The van der Waals surface area contributed by atoms with E-state index in [1.165, 1.54) is 0 Å². The van der Waals surface area contributed by atoms with Crippen LogP contribution >= 0.6 is 11.6 Å². The van der Waals surface area contributed by atoms with Crippen LogP contribution in [-0.4, -0.2) is 54.8 Å². The first-order valence-corrected chi connectivity index (χ1v) is 8.85. The van der Waals surface area contributed by atoms with Crippen LogP contribution in [0.25, 0.3) is 10.8 Å². The summed E-state index contributed by atoms with van der Waals surface area (Å²) < 4.78 is 5.61. The summed E-state index contributed by atoms with van der Waals surface area (Å²) in [5.41, 5.74) is 7.10. The van der Waals surface area contributed by atoms with Crippen molar-refractivity contribution >= 4 is 33.9 Å². The van der Waals surface area contributed by atoms with E-state index in [2.05, 4.69) is 27.8 Å². The molecule has 128 valence electrons. The number of nitrogens with two attached hydrogens (primary N) is 1. The maximum absolute atomic E-state index is 6.53. The average Bonchev–Trinajstić information content (AvgIpc) is 3.03. The van der Waals surface area contributed by atoms with Gasteiger partial charge in [0.05, 0.1) is 17.3 Å². The molecule has 0 spiro atoms. The molecular weight excluding hydrogens is 324 g/mol. The topological polar surface area (TPSA) is 54.6 Å². The summed E-state index contributed by atoms with van der Waals surface area (Å²) in [6, 6.07) is 6.02. The molecule has 2 fully saturated rings. The smallest absolute Gasteiger partial charge is 0.123 e. The van der Waals surface area contributed by atoms with Crippen molar-refractivity contribution in [2.45, 2.75) is 18.9 Å². The van der Waals surface area contributed by atoms with Crippen LogP contribution in [0.1, 0.15) is 13.3 Å². The highest BCUT2D eigenvalue weighted by Crippen LogP contribution is 2.33. The van der Waals surface area contributed by atoms with Crippen LogP contribution in [-0.2, 0) is 4.74 Å². The van der Waals surface area contributed by atoms with Gasteiger partial charge in [0.2, 0.25) is 0 Å². The number of nitrogens with zero attached hydrogens (tertiary/aromatic N) is 3. The van der Waals surface area contributed by atoms with Gasteiger partial charge in [-0.05, 0) is 36.9 Å². The minimum atomic E-state index is 0.194. The number of ether oxygens (including phenoxy) is 1. The fourth-order valence-electron chi connectivity index (χ4n) is 3.81. The molecule has 1 atom stereocenters. The van der Waals surface area contributed by atoms with Crippen molar-refractivity contribution in [1.82, 2.24) is 9.88 Å². The van der Waals surface area contributed by atoms with Gasteiger partial charge in [-0.2, -0.15) is 0 Å². The highest BCUT2D eigenvalue weighted by atomic mass is 35.5. The van der Waals surface area contributed by atoms with Gasteiger partial charge in [-0.1, -0.05) is 11.6 Å². The number of rotatable bonds is 2. The van der Waals surface area contributed by atoms with Gasteiger partial charge < -0.3 is 15.4 Å². The van der Waals surface area contributed by atoms with Crippen LogP contribution in [0.2, 0.25) is 5.02 Å². The molecule has 3 heterocycles. The number of hydrogen-bond acceptors (Lipinski definition) is 5. The zero-order chi connectivity index (χ0) is 16.7. The molecule has 0 radical (unpaired) electrons. The van der Waals surface area contributed by atoms with E-state index in [4.69, 9.17) is 22.1 Å². The van der Waals surface area contributed by atoms with Crippen LogP contribution < -0.4 is 10.6 Å². The summed E-state index contributed by atoms with van der Waals surface area (Å²) in [4.78, 5) is 9.07. The van der Waals surface area contributed by atoms with Gasteiger partial charge >= 0.3 is 0 Å². The van der Waals surface area contributed by atoms with E-state index < -0.39 is 0 Å². The normalized spacial score (nSPS) is 25.5. The second kappa shape index (κ2) is 6.06. The molecule has 1 aromatic heterocycles. The van der Waals surface area contributed by atoms with Gasteiger partial charge in [-0.15, -0.1) is 0 Å². The summed E-state index contributed by atoms with van der Waals surface area (Å²) in [6.45, 7) is 8.05. The molecule has 2 N–H and O–H groups in total. The fraction of sp³-hybridized carbons (Fsp3) is 0.500. The Kier molecular flexibility index (Phi) is 4.03. The van der Waals surface area contributed by atoms with Crippen molar-refractivity contribution in [2.24, 2.45) is 0 Å². The van der Waals surface area contributed by atoms with Crippen molar-refractivity contribution < 1.29 is 4.74 Å². The molecule has 6 heteroatoms. The van der Waals surface area contributed by atoms with Crippen LogP contribution in [0.4, 0.5) is 11.5 Å². The predicted molar refractivity (Wildman–Crippen MR) is 98.8 cm³/mol. The molecule has 4 rings (SSSR count). The van der Waals surface area contributed by atoms with Crippen molar-refractivity contribution in [3.05, 3.63) is 29.4 Å². The number of halogens is 1. The fourth-order valence-corrected chi connectivity index (χ4v) is 4.10. The van der Waals surface area contributed by atoms with E-state index in [0.29, 0.717) is 5.82 Å². The number of piperazine rings is 1. The van der Waals surface area contributed by atoms with Crippen LogP contribution in [0.15, 0.2) is 24.4 Å². The average molecular weight is 347 g/mol. The van der Waals surface area contributed by atoms with Crippen LogP contribution in [0, 0.1) is 0 Å². The lowest BCUT2D eigenvalue weighted by Crippen LogP contribution is -2.56. The van der Waals surface area contributed by atoms with E-state index in [0.717, 1.165) is 67.3 Å². The number of hydrogen-bond donors (Lipinski definition) is 1. The zero-order valence-electron chi connectivity index (χ0n) is 14.0. The Labute approximate surface area is 147 Å². The molecule has 0 unspecified atom stereocenters. The minimum Gasteiger partial charge on any atom is -0.384 e. The Balaban J connectivity index is 1.55. The highest BCUT2D eigenvalue weighted by molar-refractivity contribution is 6.34. The highest BCUT2D eigenvalue weighted by Gasteiger charge is 2.37. The van der Waals surface area contributed by atoms with Crippen molar-refractivity contribution in [2.75, 3.05) is 50.0 Å². The Morgan fingerprint density at radius 1 is 1.17 bits per heavy atom. The lowest BCUT2D eigenvalue weighted by Gasteiger charge is -2.44. The van der Waals surface area contributed by atoms with Gasteiger partial charge in [0.1, 0.15) is 5.82 Å². The maximum Gasteiger partial charge on any atom is 0.123 e. The number of benzene rings is 1. The molecule has 0 saturated carbocycles. The lowest BCUT2D eigenvalue weighted by molar-refractivity contribution is 0.0745. The van der Waals surface area contributed by atoms with Crippen LogP contribution in [0.5, 0.6) is 0 Å². The second-order valence-electron chi connectivity index (χ2n) is 7.03. The molecule has 2 aromatic rings. The number of anilines is 2. The monoisotopic (exact) mass is 346 g/mol. The van der Waals surface area contributed by atoms with Gasteiger partial charge in [0, 0.05) is 49.9 Å². The third-order valence-corrected chi connectivity index (χ3v) is 5.69. The molecule has 2 aliphatic heterocycles. The minimum absolute atomic E-state index is 0.194. The largest absolute Gasteiger partial charge is 0.384 e. The summed E-state index contributed by atoms with van der Waals surface area (Å²) in [7, 11) is 0. The van der Waals surface area contributed by atoms with Crippen molar-refractivity contribution in [3.63, 3.8) is 0 Å². The Bertz CT molecular complexity index is 752. The third-order valence-electron chi connectivity index (χ3n) is 5.39. The summed E-state index contributed by atoms with van der Waals surface area (Å²) in [5.74, 6) is 0.537. The Morgan fingerprint density at radius 3 is 2.67 bits per heavy atom. The quantitative estimate of drug-likeness (QED) is 0.906. The number of nitrogen functional groups attached to an aromatic ring is 1. The standard InChI is InChI=1S/C18H23ClN4O/c1-18(2-7-24-12-18)23-5-3-22(4-6-23)16-9-13-10-17(20)21-11-14(13)8-15(16)19/h8-11H,2-7,12H2,1H3,(H2,20,21)/t18-/m1/s1. The molecule has 1 aromatic carbocycles. The van der Waals surface area contributed by atoms with Gasteiger partial charge in [0.25, 0.3) is 0 Å². The molecular formula is C18H23ClN4O. The summed E-state index contributed by atoms with van der Waals surface area (Å²) >= 11 is 6.53. The first kappa shape index (κ1) is 15.9. The van der Waals surface area contributed by atoms with E-state index in [1.54, 1.807) is 6.20 Å². The predicted octanol–water partition coefficient (Wildman–Crippen LogP) is 2.77. The molecule has 0 aliphatic carbocycles. The van der Waals surface area contributed by atoms with E-state index in [9.17, 15) is 0 Å². The van der Waals surface area contributed by atoms with Crippen molar-refractivity contribution in [3.8, 4) is 0 Å². The molecule has 5 nitrogen and oxygen atoms in total. The molecule has 2 aliphatic rings. The van der Waals surface area contributed by atoms with E-state index >= 15 is 0 Å². The van der Waals surface area contributed by atoms with Gasteiger partial charge in [-0.25, -0.2) is 4.98 Å². The molecule has 0 amide bonds. The Morgan fingerprint density at radius 2 is 1.96 bits per heavy atom. The lowest BCUT2D eigenvalue weighted by atomic mass is 9.98. The summed E-state index contributed by atoms with van der Waals surface area (Å²) in [6.07, 6.45) is 2.90. The van der Waals surface area contributed by atoms with Gasteiger partial charge in [0.15, 0.2) is 0 Å². The maximum atomic E-state index is 6.53. The molecule has 24 heavy (non-hydrogen) atoms. The number of pyridine rings is 1. The third kappa shape index (κ3) is 2.81. The van der Waals surface area contributed by atoms with E-state index in [1.807, 2.05) is 12.1 Å². The van der Waals surface area contributed by atoms with Gasteiger partial charge in [-0.3, -0.25) is 4.90 Å². The Hall–Kier alpha value is -1.56. The van der Waals surface area contributed by atoms with E-state index in [-0.39, 0.29) is 5.54 Å². The second-order valence-corrected chi connectivity index (χ2v) is 7.44. The van der Waals surface area contributed by atoms with Crippen LogP contribution in [0.3, 0.4) is 0 Å². The first-order chi connectivity index (χ1) is 11.5. The zero-order valence-corrected chi connectivity index (χ0v) is 14.7. The molecule has 0 bridgehead atoms. The first-order valence-electron chi connectivity index (χ1n) is 8.48. The number of aromatic nitrogens is 1. The SMILES string of the molecule is C[C@@]1(N2CCN(c3cc4cc(N)ncc4cc3Cl)CC2)CCOC1. The summed E-state index contributed by atoms with van der Waals surface area (Å²) in [5, 5.41) is 2.88. The molecule has 2 saturated heterocycles. The van der Waals surface area contributed by atoms with Crippen molar-refractivity contribution in [1.29, 1.82) is 0 Å².